The second kappa shape index (κ2) is 7.83. The molecule has 2 aromatic rings. The van der Waals surface area contributed by atoms with Crippen molar-refractivity contribution in [2.45, 2.75) is 18.9 Å². The molecular formula is C19H21N5O2. The molecule has 1 aliphatic rings. The average molecular weight is 351 g/mol. The van der Waals surface area contributed by atoms with Gasteiger partial charge in [0.25, 0.3) is 5.91 Å². The van der Waals surface area contributed by atoms with Crippen molar-refractivity contribution in [2.24, 2.45) is 0 Å². The number of amides is 1. The van der Waals surface area contributed by atoms with Crippen LogP contribution in [0.2, 0.25) is 0 Å². The summed E-state index contributed by atoms with van der Waals surface area (Å²) in [6, 6.07) is 12.7. The summed E-state index contributed by atoms with van der Waals surface area (Å²) in [7, 11) is 3.82. The molecule has 0 saturated carbocycles. The highest BCUT2D eigenvalue weighted by molar-refractivity contribution is 5.78. The molecule has 1 unspecified atom stereocenters. The van der Waals surface area contributed by atoms with Crippen LogP contribution in [-0.2, 0) is 4.79 Å². The van der Waals surface area contributed by atoms with Crippen molar-refractivity contribution < 1.29 is 9.53 Å². The van der Waals surface area contributed by atoms with Gasteiger partial charge in [0.15, 0.2) is 12.4 Å². The lowest BCUT2D eigenvalue weighted by Gasteiger charge is -2.24. The van der Waals surface area contributed by atoms with Gasteiger partial charge in [-0.25, -0.2) is 0 Å². The van der Waals surface area contributed by atoms with Crippen molar-refractivity contribution >= 4 is 11.7 Å². The molecule has 1 atom stereocenters. The van der Waals surface area contributed by atoms with Gasteiger partial charge in [0.05, 0.1) is 17.3 Å². The molecular weight excluding hydrogens is 330 g/mol. The summed E-state index contributed by atoms with van der Waals surface area (Å²) in [4.78, 5) is 16.3. The Kier molecular flexibility index (Phi) is 5.32. The van der Waals surface area contributed by atoms with Gasteiger partial charge in [-0.05, 0) is 37.1 Å². The molecule has 0 bridgehead atoms. The van der Waals surface area contributed by atoms with Crippen LogP contribution in [0.5, 0.6) is 5.75 Å². The number of para-hydroxylation sites is 1. The summed E-state index contributed by atoms with van der Waals surface area (Å²) in [5.41, 5.74) is 1.21. The Morgan fingerprint density at radius 2 is 2.12 bits per heavy atom. The van der Waals surface area contributed by atoms with E-state index >= 15 is 0 Å². The van der Waals surface area contributed by atoms with Crippen LogP contribution in [0.1, 0.15) is 30.1 Å². The number of benzene rings is 1. The lowest BCUT2D eigenvalue weighted by molar-refractivity contribution is -0.134. The van der Waals surface area contributed by atoms with Crippen molar-refractivity contribution in [3.8, 4) is 11.8 Å². The molecule has 1 saturated heterocycles. The minimum atomic E-state index is -0.112. The summed E-state index contributed by atoms with van der Waals surface area (Å²) >= 11 is 0. The highest BCUT2D eigenvalue weighted by Crippen LogP contribution is 2.31. The lowest BCUT2D eigenvalue weighted by Crippen LogP contribution is -2.35. The van der Waals surface area contributed by atoms with E-state index < -0.39 is 0 Å². The van der Waals surface area contributed by atoms with Gasteiger partial charge in [0.2, 0.25) is 0 Å². The molecule has 1 aromatic heterocycles. The Hall–Kier alpha value is -3.14. The van der Waals surface area contributed by atoms with E-state index in [9.17, 15) is 4.79 Å². The molecule has 0 spiro atoms. The maximum Gasteiger partial charge on any atom is 0.261 e. The zero-order valence-corrected chi connectivity index (χ0v) is 14.9. The average Bonchev–Trinajstić information content (AvgIpc) is 3.16. The number of anilines is 1. The SMILES string of the molecule is CN(C)c1ccc(C2CCCN2C(=O)COc2ccccc2C#N)nn1. The van der Waals surface area contributed by atoms with E-state index in [2.05, 4.69) is 16.3 Å². The molecule has 0 radical (unpaired) electrons. The first kappa shape index (κ1) is 17.7. The van der Waals surface area contributed by atoms with E-state index in [1.165, 1.54) is 0 Å². The van der Waals surface area contributed by atoms with Crippen LogP contribution in [0.25, 0.3) is 0 Å². The van der Waals surface area contributed by atoms with Crippen LogP contribution in [-0.4, -0.2) is 48.3 Å². The standard InChI is InChI=1S/C19H21N5O2/c1-23(2)18-10-9-15(21-22-18)16-7-5-11-24(16)19(25)13-26-17-8-4-3-6-14(17)12-20/h3-4,6,8-10,16H,5,7,11,13H2,1-2H3. The highest BCUT2D eigenvalue weighted by Gasteiger charge is 2.31. The van der Waals surface area contributed by atoms with Gasteiger partial charge in [-0.15, -0.1) is 5.10 Å². The Labute approximate surface area is 152 Å². The van der Waals surface area contributed by atoms with Crippen LogP contribution in [0, 0.1) is 11.3 Å². The quantitative estimate of drug-likeness (QED) is 0.821. The summed E-state index contributed by atoms with van der Waals surface area (Å²) in [5.74, 6) is 1.09. The number of nitrogens with zero attached hydrogens (tertiary/aromatic N) is 5. The molecule has 1 aliphatic heterocycles. The number of aromatic nitrogens is 2. The number of carbonyl (C=O) groups excluding carboxylic acids is 1. The molecule has 2 heterocycles. The van der Waals surface area contributed by atoms with Crippen LogP contribution in [0.15, 0.2) is 36.4 Å². The molecule has 3 rings (SSSR count). The van der Waals surface area contributed by atoms with Crippen molar-refractivity contribution in [3.05, 3.63) is 47.7 Å². The number of likely N-dealkylation sites (tertiary alicyclic amines) is 1. The Balaban J connectivity index is 1.67. The predicted octanol–water partition coefficient (Wildman–Crippen LogP) is 2.16. The minimum absolute atomic E-state index is 0.0824. The first-order valence-electron chi connectivity index (χ1n) is 8.52. The number of rotatable bonds is 5. The van der Waals surface area contributed by atoms with Gasteiger partial charge < -0.3 is 14.5 Å². The van der Waals surface area contributed by atoms with Gasteiger partial charge in [-0.2, -0.15) is 10.4 Å². The number of carbonyl (C=O) groups is 1. The third kappa shape index (κ3) is 3.75. The molecule has 134 valence electrons. The molecule has 1 fully saturated rings. The fourth-order valence-corrected chi connectivity index (χ4v) is 3.03. The third-order valence-electron chi connectivity index (χ3n) is 4.40. The van der Waals surface area contributed by atoms with E-state index in [4.69, 9.17) is 10.00 Å². The zero-order valence-electron chi connectivity index (χ0n) is 14.9. The van der Waals surface area contributed by atoms with E-state index in [-0.39, 0.29) is 18.6 Å². The Morgan fingerprint density at radius 1 is 1.31 bits per heavy atom. The van der Waals surface area contributed by atoms with E-state index in [0.717, 1.165) is 24.4 Å². The zero-order chi connectivity index (χ0) is 18.5. The minimum Gasteiger partial charge on any atom is -0.482 e. The molecule has 7 heteroatoms. The smallest absolute Gasteiger partial charge is 0.261 e. The molecule has 0 aliphatic carbocycles. The van der Waals surface area contributed by atoms with Gasteiger partial charge in [-0.3, -0.25) is 4.79 Å². The summed E-state index contributed by atoms with van der Waals surface area (Å²) in [6.45, 7) is 0.572. The normalized spacial score (nSPS) is 16.2. The van der Waals surface area contributed by atoms with Gasteiger partial charge >= 0.3 is 0 Å². The van der Waals surface area contributed by atoms with Crippen molar-refractivity contribution in [1.29, 1.82) is 5.26 Å². The number of hydrogen-bond acceptors (Lipinski definition) is 6. The first-order chi connectivity index (χ1) is 12.6. The summed E-state index contributed by atoms with van der Waals surface area (Å²) < 4.78 is 5.58. The maximum atomic E-state index is 12.6. The van der Waals surface area contributed by atoms with Crippen LogP contribution in [0.4, 0.5) is 5.82 Å². The third-order valence-corrected chi connectivity index (χ3v) is 4.40. The van der Waals surface area contributed by atoms with Crippen molar-refractivity contribution in [3.63, 3.8) is 0 Å². The highest BCUT2D eigenvalue weighted by atomic mass is 16.5. The number of ether oxygens (including phenoxy) is 1. The van der Waals surface area contributed by atoms with E-state index in [0.29, 0.717) is 17.9 Å². The molecule has 26 heavy (non-hydrogen) atoms. The fourth-order valence-electron chi connectivity index (χ4n) is 3.03. The van der Waals surface area contributed by atoms with Crippen molar-refractivity contribution in [2.75, 3.05) is 32.1 Å². The summed E-state index contributed by atoms with van der Waals surface area (Å²) in [5, 5.41) is 17.6. The lowest BCUT2D eigenvalue weighted by atomic mass is 10.1. The van der Waals surface area contributed by atoms with Gasteiger partial charge in [-0.1, -0.05) is 12.1 Å². The number of nitriles is 1. The monoisotopic (exact) mass is 351 g/mol. The maximum absolute atomic E-state index is 12.6. The Bertz CT molecular complexity index is 813. The van der Waals surface area contributed by atoms with E-state index in [1.807, 2.05) is 31.1 Å². The second-order valence-corrected chi connectivity index (χ2v) is 6.35. The molecule has 1 aromatic carbocycles. The van der Waals surface area contributed by atoms with Crippen LogP contribution < -0.4 is 9.64 Å². The van der Waals surface area contributed by atoms with Gasteiger partial charge in [0, 0.05) is 20.6 Å². The topological polar surface area (TPSA) is 82.4 Å². The van der Waals surface area contributed by atoms with Crippen molar-refractivity contribution in [1.82, 2.24) is 15.1 Å². The van der Waals surface area contributed by atoms with E-state index in [1.54, 1.807) is 29.2 Å². The second-order valence-electron chi connectivity index (χ2n) is 6.35. The molecule has 7 nitrogen and oxygen atoms in total. The first-order valence-corrected chi connectivity index (χ1v) is 8.52. The van der Waals surface area contributed by atoms with Crippen LogP contribution in [0.3, 0.4) is 0 Å². The largest absolute Gasteiger partial charge is 0.482 e. The van der Waals surface area contributed by atoms with Gasteiger partial charge in [0.1, 0.15) is 11.8 Å². The number of hydrogen-bond donors (Lipinski definition) is 0. The fraction of sp³-hybridized carbons (Fsp3) is 0.368. The molecule has 1 amide bonds. The summed E-state index contributed by atoms with van der Waals surface area (Å²) in [6.07, 6.45) is 1.78. The predicted molar refractivity (Wildman–Crippen MR) is 96.7 cm³/mol. The van der Waals surface area contributed by atoms with Crippen LogP contribution >= 0.6 is 0 Å². The molecule has 0 N–H and O–H groups in total. The Morgan fingerprint density at radius 3 is 2.81 bits per heavy atom.